The molecule has 27 heavy (non-hydrogen) atoms. The Morgan fingerprint density at radius 1 is 1.22 bits per heavy atom. The lowest BCUT2D eigenvalue weighted by atomic mass is 10.1. The van der Waals surface area contributed by atoms with E-state index in [0.29, 0.717) is 12.4 Å². The van der Waals surface area contributed by atoms with Crippen LogP contribution in [0.25, 0.3) is 0 Å². The van der Waals surface area contributed by atoms with E-state index in [2.05, 4.69) is 4.98 Å². The highest BCUT2D eigenvalue weighted by molar-refractivity contribution is 5.56. The van der Waals surface area contributed by atoms with E-state index in [-0.39, 0.29) is 0 Å². The van der Waals surface area contributed by atoms with Gasteiger partial charge in [0.2, 0.25) is 5.75 Å². The molecule has 0 fully saturated rings. The number of nitrogens with zero attached hydrogens (tertiary/aromatic N) is 2. The van der Waals surface area contributed by atoms with Crippen LogP contribution in [-0.4, -0.2) is 23.5 Å². The molecule has 0 aliphatic heterocycles. The highest BCUT2D eigenvalue weighted by Gasteiger charge is 2.47. The molecule has 0 aliphatic rings. The molecule has 0 unspecified atom stereocenters. The number of hydrogen-bond acceptors (Lipinski definition) is 5. The van der Waals surface area contributed by atoms with Crippen LogP contribution in [0.5, 0.6) is 17.2 Å². The van der Waals surface area contributed by atoms with Crippen molar-refractivity contribution in [3.05, 3.63) is 45.6 Å². The van der Waals surface area contributed by atoms with Crippen LogP contribution in [0.4, 0.5) is 26.3 Å². The number of nitriles is 1. The maximum Gasteiger partial charge on any atom is 0.352 e. The highest BCUT2D eigenvalue weighted by Crippen LogP contribution is 2.41. The van der Waals surface area contributed by atoms with Gasteiger partial charge in [0, 0.05) is 5.56 Å². The minimum Gasteiger partial charge on any atom is -0.492 e. The van der Waals surface area contributed by atoms with Crippen molar-refractivity contribution < 1.29 is 35.8 Å². The molecule has 0 atom stereocenters. The van der Waals surface area contributed by atoms with E-state index >= 15 is 0 Å². The van der Waals surface area contributed by atoms with Crippen LogP contribution in [0, 0.1) is 11.3 Å². The molecule has 0 bridgehead atoms. The van der Waals surface area contributed by atoms with Gasteiger partial charge in [-0.25, -0.2) is 22.5 Å². The summed E-state index contributed by atoms with van der Waals surface area (Å²) in [6, 6.07) is 2.93. The van der Waals surface area contributed by atoms with Crippen LogP contribution < -0.4 is 15.0 Å². The zero-order valence-electron chi connectivity index (χ0n) is 13.3. The smallest absolute Gasteiger partial charge is 0.352 e. The fourth-order valence-corrected chi connectivity index (χ4v) is 2.05. The second kappa shape index (κ2) is 7.56. The monoisotopic (exact) mass is 393 g/mol. The number of benzene rings is 1. The third kappa shape index (κ3) is 3.81. The van der Waals surface area contributed by atoms with Crippen LogP contribution in [-0.2, 0) is 5.92 Å². The minimum absolute atomic E-state index is 0.451. The highest BCUT2D eigenvalue weighted by atomic mass is 19.3. The van der Waals surface area contributed by atoms with Crippen molar-refractivity contribution in [2.45, 2.75) is 18.8 Å². The van der Waals surface area contributed by atoms with Crippen LogP contribution in [0.15, 0.2) is 23.3 Å². The molecule has 6 nitrogen and oxygen atoms in total. The molecule has 144 valence electrons. The van der Waals surface area contributed by atoms with Gasteiger partial charge >= 0.3 is 12.3 Å². The van der Waals surface area contributed by atoms with Crippen molar-refractivity contribution in [2.75, 3.05) is 7.11 Å². The Kier molecular flexibility index (Phi) is 5.63. The Morgan fingerprint density at radius 3 is 2.41 bits per heavy atom. The van der Waals surface area contributed by atoms with E-state index in [0.717, 1.165) is 13.2 Å². The molecule has 0 radical (unpaired) electrons. The third-order valence-electron chi connectivity index (χ3n) is 3.27. The molecule has 0 amide bonds. The molecular weight excluding hydrogens is 384 g/mol. The standard InChI is InChI=1S/C15H9F6N3O3/c1-26-9-7(4-22)2-6(12(16)17)3-8(9)27-10-11(15(20,21)14(18)19)23-5-24-13(10)25/h2-3,5,12,14H,1H3,(H,23,24,25). The first-order valence-corrected chi connectivity index (χ1v) is 6.95. The third-order valence-corrected chi connectivity index (χ3v) is 3.27. The van der Waals surface area contributed by atoms with Crippen LogP contribution in [0.2, 0.25) is 0 Å². The molecule has 0 spiro atoms. The zero-order valence-corrected chi connectivity index (χ0v) is 13.3. The Bertz CT molecular complexity index is 939. The second-order valence-corrected chi connectivity index (χ2v) is 4.95. The number of hydrogen-bond donors (Lipinski definition) is 1. The average molecular weight is 393 g/mol. The lowest BCUT2D eigenvalue weighted by molar-refractivity contribution is -0.139. The fourth-order valence-electron chi connectivity index (χ4n) is 2.05. The Labute approximate surface area is 147 Å². The van der Waals surface area contributed by atoms with E-state index in [9.17, 15) is 31.1 Å². The summed E-state index contributed by atoms with van der Waals surface area (Å²) in [6.45, 7) is 0. The summed E-state index contributed by atoms with van der Waals surface area (Å²) in [5.41, 5.74) is -4.27. The van der Waals surface area contributed by atoms with Crippen molar-refractivity contribution >= 4 is 0 Å². The molecule has 2 rings (SSSR count). The number of rotatable bonds is 6. The van der Waals surface area contributed by atoms with Gasteiger partial charge in [-0.1, -0.05) is 0 Å². The van der Waals surface area contributed by atoms with Crippen molar-refractivity contribution in [3.8, 4) is 23.3 Å². The summed E-state index contributed by atoms with van der Waals surface area (Å²) in [7, 11) is 1.02. The SMILES string of the molecule is COc1c(C#N)cc(C(F)F)cc1Oc1c(C(F)(F)C(F)F)nc[nH]c1=O. The zero-order chi connectivity index (χ0) is 20.4. The van der Waals surface area contributed by atoms with Gasteiger partial charge < -0.3 is 14.5 Å². The van der Waals surface area contributed by atoms with Crippen LogP contribution in [0.3, 0.4) is 0 Å². The van der Waals surface area contributed by atoms with Crippen LogP contribution >= 0.6 is 0 Å². The summed E-state index contributed by atoms with van der Waals surface area (Å²) in [5, 5.41) is 9.03. The van der Waals surface area contributed by atoms with Gasteiger partial charge in [-0.15, -0.1) is 0 Å². The van der Waals surface area contributed by atoms with E-state index in [4.69, 9.17) is 14.7 Å². The molecule has 0 saturated heterocycles. The van der Waals surface area contributed by atoms with Gasteiger partial charge in [-0.2, -0.15) is 14.0 Å². The fraction of sp³-hybridized carbons (Fsp3) is 0.267. The molecule has 12 heteroatoms. The number of aromatic nitrogens is 2. The molecule has 1 aromatic carbocycles. The topological polar surface area (TPSA) is 88.0 Å². The molecule has 1 N–H and O–H groups in total. The molecule has 1 aromatic heterocycles. The Hall–Kier alpha value is -3.23. The molecular formula is C15H9F6N3O3. The van der Waals surface area contributed by atoms with Crippen molar-refractivity contribution in [2.24, 2.45) is 0 Å². The number of nitrogens with one attached hydrogen (secondary N) is 1. The second-order valence-electron chi connectivity index (χ2n) is 4.95. The molecule has 0 aliphatic carbocycles. The summed E-state index contributed by atoms with van der Waals surface area (Å²) in [6.07, 6.45) is -6.86. The van der Waals surface area contributed by atoms with Crippen LogP contribution in [0.1, 0.15) is 23.2 Å². The van der Waals surface area contributed by atoms with Gasteiger partial charge in [0.05, 0.1) is 19.0 Å². The van der Waals surface area contributed by atoms with E-state index < -0.39 is 58.4 Å². The number of alkyl halides is 6. The van der Waals surface area contributed by atoms with Gasteiger partial charge in [0.1, 0.15) is 6.07 Å². The maximum atomic E-state index is 13.7. The lowest BCUT2D eigenvalue weighted by Crippen LogP contribution is -2.28. The van der Waals surface area contributed by atoms with Gasteiger partial charge in [0.15, 0.2) is 17.2 Å². The maximum absolute atomic E-state index is 13.7. The first-order chi connectivity index (χ1) is 12.6. The van der Waals surface area contributed by atoms with Crippen molar-refractivity contribution in [1.82, 2.24) is 9.97 Å². The van der Waals surface area contributed by atoms with Crippen molar-refractivity contribution in [3.63, 3.8) is 0 Å². The quantitative estimate of drug-likeness (QED) is 0.756. The normalized spacial score (nSPS) is 11.6. The summed E-state index contributed by atoms with van der Waals surface area (Å²) in [5.74, 6) is -7.40. The lowest BCUT2D eigenvalue weighted by Gasteiger charge is -2.18. The predicted molar refractivity (Wildman–Crippen MR) is 77.5 cm³/mol. The molecule has 2 aromatic rings. The summed E-state index contributed by atoms with van der Waals surface area (Å²) < 4.78 is 88.4. The number of H-pyrrole nitrogens is 1. The summed E-state index contributed by atoms with van der Waals surface area (Å²) >= 11 is 0. The first kappa shape index (κ1) is 20.1. The Morgan fingerprint density at radius 2 is 1.89 bits per heavy atom. The number of ether oxygens (including phenoxy) is 2. The van der Waals surface area contributed by atoms with Crippen molar-refractivity contribution in [1.29, 1.82) is 5.26 Å². The van der Waals surface area contributed by atoms with E-state index in [1.807, 2.05) is 4.98 Å². The number of aromatic amines is 1. The van der Waals surface area contributed by atoms with Gasteiger partial charge in [0.25, 0.3) is 12.0 Å². The predicted octanol–water partition coefficient (Wildman–Crippen LogP) is 3.74. The number of halogens is 6. The largest absolute Gasteiger partial charge is 0.492 e. The Balaban J connectivity index is 2.70. The first-order valence-electron chi connectivity index (χ1n) is 6.95. The number of methoxy groups -OCH3 is 1. The van der Waals surface area contributed by atoms with E-state index in [1.54, 1.807) is 0 Å². The average Bonchev–Trinajstić information content (AvgIpc) is 2.62. The molecule has 0 saturated carbocycles. The molecule has 1 heterocycles. The minimum atomic E-state index is -4.87. The summed E-state index contributed by atoms with van der Waals surface area (Å²) in [4.78, 5) is 16.7. The van der Waals surface area contributed by atoms with E-state index in [1.165, 1.54) is 6.07 Å². The van der Waals surface area contributed by atoms with Gasteiger partial charge in [-0.3, -0.25) is 4.79 Å². The van der Waals surface area contributed by atoms with Gasteiger partial charge in [-0.05, 0) is 12.1 Å².